The summed E-state index contributed by atoms with van der Waals surface area (Å²) in [6.45, 7) is 4.35. The van der Waals surface area contributed by atoms with Gasteiger partial charge < -0.3 is 15.5 Å². The van der Waals surface area contributed by atoms with E-state index in [1.807, 2.05) is 6.08 Å². The van der Waals surface area contributed by atoms with Crippen molar-refractivity contribution in [2.75, 3.05) is 6.61 Å². The molecule has 0 spiro atoms. The van der Waals surface area contributed by atoms with Crippen LogP contribution in [0.25, 0.3) is 0 Å². The lowest BCUT2D eigenvalue weighted by atomic mass is 10.0. The normalized spacial score (nSPS) is 12.9. The second-order valence-electron chi connectivity index (χ2n) is 20.4. The molecule has 0 aromatic rings. The Morgan fingerprint density at radius 2 is 0.594 bits per heavy atom. The molecule has 1 amide bonds. The summed E-state index contributed by atoms with van der Waals surface area (Å²) in [6, 6.07) is -0.621. The zero-order valence-corrected chi connectivity index (χ0v) is 43.8. The van der Waals surface area contributed by atoms with Gasteiger partial charge in [-0.2, -0.15) is 0 Å². The Labute approximate surface area is 402 Å². The van der Waals surface area contributed by atoms with Crippen LogP contribution >= 0.6 is 0 Å². The topological polar surface area (TPSA) is 69.6 Å². The number of allylic oxidation sites excluding steroid dienone is 3. The van der Waals surface area contributed by atoms with Crippen LogP contribution in [-0.2, 0) is 4.79 Å². The summed E-state index contributed by atoms with van der Waals surface area (Å²) < 4.78 is 0. The Kier molecular flexibility index (Phi) is 55.2. The summed E-state index contributed by atoms with van der Waals surface area (Å²) in [4.78, 5) is 12.5. The number of nitrogens with one attached hydrogen (secondary N) is 1. The zero-order valence-electron chi connectivity index (χ0n) is 43.8. The molecule has 380 valence electrons. The molecule has 0 radical (unpaired) electrons. The van der Waals surface area contributed by atoms with Crippen molar-refractivity contribution in [3.63, 3.8) is 0 Å². The number of hydrogen-bond acceptors (Lipinski definition) is 3. The van der Waals surface area contributed by atoms with E-state index in [0.717, 1.165) is 25.7 Å². The van der Waals surface area contributed by atoms with Gasteiger partial charge >= 0.3 is 0 Å². The molecule has 2 unspecified atom stereocenters. The Hall–Kier alpha value is -1.13. The maximum absolute atomic E-state index is 12.5. The van der Waals surface area contributed by atoms with Crippen LogP contribution in [0.1, 0.15) is 335 Å². The van der Waals surface area contributed by atoms with E-state index < -0.39 is 12.1 Å². The molecule has 4 heteroatoms. The van der Waals surface area contributed by atoms with Crippen LogP contribution in [-0.4, -0.2) is 34.9 Å². The molecule has 0 aromatic carbocycles. The van der Waals surface area contributed by atoms with Crippen molar-refractivity contribution in [3.05, 3.63) is 24.3 Å². The Balaban J connectivity index is 3.45. The molecule has 0 aliphatic carbocycles. The van der Waals surface area contributed by atoms with E-state index in [0.29, 0.717) is 6.42 Å². The standard InChI is InChI=1S/C60H117NO3/c1-3-5-7-9-11-13-15-17-19-21-23-25-27-28-29-30-31-32-34-36-38-40-42-44-46-48-50-52-54-56-60(64)61-58(57-62)59(63)55-53-51-49-47-45-43-41-39-37-35-33-26-24-22-20-18-16-14-12-10-8-6-4-2/h28-29,53,55,58-59,62-63H,3-27,30-52,54,56-57H2,1-2H3,(H,61,64)/b29-28-,55-53+. The Bertz CT molecular complexity index is 932. The number of rotatable bonds is 55. The average Bonchev–Trinajstić information content (AvgIpc) is 3.30. The number of amides is 1. The van der Waals surface area contributed by atoms with E-state index in [2.05, 4.69) is 31.3 Å². The first kappa shape index (κ1) is 62.9. The molecule has 0 heterocycles. The van der Waals surface area contributed by atoms with Gasteiger partial charge in [0.25, 0.3) is 0 Å². The summed E-state index contributed by atoms with van der Waals surface area (Å²) >= 11 is 0. The highest BCUT2D eigenvalue weighted by Crippen LogP contribution is 2.18. The fraction of sp³-hybridized carbons (Fsp3) is 0.917. The van der Waals surface area contributed by atoms with Crippen LogP contribution in [0.4, 0.5) is 0 Å². The van der Waals surface area contributed by atoms with E-state index in [1.54, 1.807) is 6.08 Å². The van der Waals surface area contributed by atoms with Crippen LogP contribution in [0.3, 0.4) is 0 Å². The van der Waals surface area contributed by atoms with Gasteiger partial charge in [-0.15, -0.1) is 0 Å². The predicted octanol–water partition coefficient (Wildman–Crippen LogP) is 19.5. The number of aliphatic hydroxyl groups is 2. The summed E-state index contributed by atoms with van der Waals surface area (Å²) in [5.41, 5.74) is 0. The van der Waals surface area contributed by atoms with Gasteiger partial charge in [-0.25, -0.2) is 0 Å². The lowest BCUT2D eigenvalue weighted by molar-refractivity contribution is -0.123. The van der Waals surface area contributed by atoms with E-state index in [-0.39, 0.29) is 12.5 Å². The van der Waals surface area contributed by atoms with E-state index in [1.165, 1.54) is 289 Å². The third-order valence-corrected chi connectivity index (χ3v) is 13.9. The number of carbonyl (C=O) groups excluding carboxylic acids is 1. The van der Waals surface area contributed by atoms with Crippen LogP contribution in [0.5, 0.6) is 0 Å². The lowest BCUT2D eigenvalue weighted by Gasteiger charge is -2.20. The molecule has 0 saturated heterocycles. The third-order valence-electron chi connectivity index (χ3n) is 13.9. The second-order valence-corrected chi connectivity index (χ2v) is 20.4. The van der Waals surface area contributed by atoms with E-state index in [4.69, 9.17) is 0 Å². The molecule has 4 nitrogen and oxygen atoms in total. The molecular weight excluding hydrogens is 783 g/mol. The van der Waals surface area contributed by atoms with Gasteiger partial charge in [0, 0.05) is 6.42 Å². The molecule has 0 aliphatic rings. The fourth-order valence-corrected chi connectivity index (χ4v) is 9.41. The molecule has 0 fully saturated rings. The Morgan fingerprint density at radius 1 is 0.359 bits per heavy atom. The van der Waals surface area contributed by atoms with Crippen LogP contribution in [0.15, 0.2) is 24.3 Å². The monoisotopic (exact) mass is 900 g/mol. The maximum atomic E-state index is 12.5. The lowest BCUT2D eigenvalue weighted by Crippen LogP contribution is -2.45. The number of hydrogen-bond donors (Lipinski definition) is 3. The molecule has 0 aromatic heterocycles. The van der Waals surface area contributed by atoms with Crippen molar-refractivity contribution in [1.82, 2.24) is 5.32 Å². The molecule has 0 bridgehead atoms. The first-order valence-electron chi connectivity index (χ1n) is 29.6. The van der Waals surface area contributed by atoms with E-state index in [9.17, 15) is 15.0 Å². The molecule has 0 rings (SSSR count). The zero-order chi connectivity index (χ0) is 46.3. The van der Waals surface area contributed by atoms with Crippen molar-refractivity contribution in [1.29, 1.82) is 0 Å². The fourth-order valence-electron chi connectivity index (χ4n) is 9.41. The minimum atomic E-state index is -0.838. The SMILES string of the molecule is CCCCCCCCCCCCCC/C=C\CCCCCCCCCCCCCCCC(=O)NC(CO)C(O)/C=C/CCCCCCCCCCCCCCCCCCCCCCC. The van der Waals surface area contributed by atoms with Crippen LogP contribution in [0, 0.1) is 0 Å². The second kappa shape index (κ2) is 56.2. The van der Waals surface area contributed by atoms with Crippen LogP contribution < -0.4 is 5.32 Å². The average molecular weight is 901 g/mol. The smallest absolute Gasteiger partial charge is 0.220 e. The minimum absolute atomic E-state index is 0.0580. The highest BCUT2D eigenvalue weighted by molar-refractivity contribution is 5.76. The van der Waals surface area contributed by atoms with Crippen molar-refractivity contribution in [2.24, 2.45) is 0 Å². The summed E-state index contributed by atoms with van der Waals surface area (Å²) in [6.07, 6.45) is 75.0. The first-order chi connectivity index (χ1) is 31.7. The highest BCUT2D eigenvalue weighted by atomic mass is 16.3. The van der Waals surface area contributed by atoms with Gasteiger partial charge in [-0.3, -0.25) is 4.79 Å². The largest absolute Gasteiger partial charge is 0.394 e. The van der Waals surface area contributed by atoms with Gasteiger partial charge in [0.05, 0.1) is 18.8 Å². The van der Waals surface area contributed by atoms with Gasteiger partial charge in [-0.05, 0) is 44.9 Å². The van der Waals surface area contributed by atoms with Crippen LogP contribution in [0.2, 0.25) is 0 Å². The quantitative estimate of drug-likeness (QED) is 0.0421. The van der Waals surface area contributed by atoms with Gasteiger partial charge in [0.15, 0.2) is 0 Å². The van der Waals surface area contributed by atoms with Gasteiger partial charge in [0.2, 0.25) is 5.91 Å². The number of unbranched alkanes of at least 4 members (excludes halogenated alkanes) is 46. The number of carbonyl (C=O) groups is 1. The summed E-state index contributed by atoms with van der Waals surface area (Å²) in [7, 11) is 0. The van der Waals surface area contributed by atoms with Gasteiger partial charge in [-0.1, -0.05) is 308 Å². The molecule has 0 aliphatic heterocycles. The van der Waals surface area contributed by atoms with E-state index >= 15 is 0 Å². The van der Waals surface area contributed by atoms with Crippen molar-refractivity contribution in [2.45, 2.75) is 347 Å². The predicted molar refractivity (Wildman–Crippen MR) is 286 cm³/mol. The van der Waals surface area contributed by atoms with Crippen molar-refractivity contribution >= 4 is 5.91 Å². The maximum Gasteiger partial charge on any atom is 0.220 e. The highest BCUT2D eigenvalue weighted by Gasteiger charge is 2.18. The van der Waals surface area contributed by atoms with Crippen molar-refractivity contribution in [3.8, 4) is 0 Å². The third kappa shape index (κ3) is 51.8. The minimum Gasteiger partial charge on any atom is -0.394 e. The molecule has 64 heavy (non-hydrogen) atoms. The molecule has 3 N–H and O–H groups in total. The summed E-state index contributed by atoms with van der Waals surface area (Å²) in [5, 5.41) is 23.2. The molecular formula is C60H117NO3. The van der Waals surface area contributed by atoms with Gasteiger partial charge in [0.1, 0.15) is 0 Å². The first-order valence-corrected chi connectivity index (χ1v) is 29.6. The van der Waals surface area contributed by atoms with Crippen molar-refractivity contribution < 1.29 is 15.0 Å². The molecule has 2 atom stereocenters. The summed E-state index contributed by atoms with van der Waals surface area (Å²) in [5.74, 6) is -0.0580. The Morgan fingerprint density at radius 3 is 0.859 bits per heavy atom. The number of aliphatic hydroxyl groups excluding tert-OH is 2. The molecule has 0 saturated carbocycles.